The normalized spacial score (nSPS) is 21.9. The molecule has 1 saturated carbocycles. The fourth-order valence-corrected chi connectivity index (χ4v) is 3.48. The lowest BCUT2D eigenvalue weighted by atomic mass is 9.98. The molecule has 118 valence electrons. The lowest BCUT2D eigenvalue weighted by molar-refractivity contribution is 0.331. The summed E-state index contributed by atoms with van der Waals surface area (Å²) in [5.41, 5.74) is 1.32. The fourth-order valence-electron chi connectivity index (χ4n) is 2.92. The molecule has 0 unspecified atom stereocenters. The number of hydrogen-bond acceptors (Lipinski definition) is 5. The van der Waals surface area contributed by atoms with Crippen molar-refractivity contribution in [2.45, 2.75) is 32.1 Å². The van der Waals surface area contributed by atoms with E-state index in [4.69, 9.17) is 4.52 Å². The first-order valence-corrected chi connectivity index (χ1v) is 9.23. The van der Waals surface area contributed by atoms with Gasteiger partial charge >= 0.3 is 0 Å². The Morgan fingerprint density at radius 1 is 1.23 bits per heavy atom. The Kier molecular flexibility index (Phi) is 3.90. The van der Waals surface area contributed by atoms with Gasteiger partial charge in [-0.3, -0.25) is 4.72 Å². The molecular weight excluding hydrogens is 302 g/mol. The van der Waals surface area contributed by atoms with Gasteiger partial charge < -0.3 is 4.52 Å². The van der Waals surface area contributed by atoms with Gasteiger partial charge in [0.25, 0.3) is 0 Å². The maximum Gasteiger partial charge on any atom is 0.230 e. The standard InChI is InChI=1S/C15H19N3O3S/c1-10-4-3-5-13(10)15-16-14(17-21-15)11-6-8-12(9-7-11)18-22(2,19)20/h6-10,13,18H,3-5H2,1-2H3/t10-,13-/m1/s1. The van der Waals surface area contributed by atoms with E-state index in [0.717, 1.165) is 18.2 Å². The first-order chi connectivity index (χ1) is 10.4. The molecule has 1 aromatic carbocycles. The number of nitrogens with one attached hydrogen (secondary N) is 1. The van der Waals surface area contributed by atoms with E-state index in [0.29, 0.717) is 29.2 Å². The fraction of sp³-hybridized carbons (Fsp3) is 0.467. The Morgan fingerprint density at radius 3 is 2.55 bits per heavy atom. The molecule has 1 fully saturated rings. The van der Waals surface area contributed by atoms with Gasteiger partial charge in [0.05, 0.1) is 6.26 Å². The molecular formula is C15H19N3O3S. The Balaban J connectivity index is 1.78. The zero-order valence-corrected chi connectivity index (χ0v) is 13.4. The van der Waals surface area contributed by atoms with E-state index in [-0.39, 0.29) is 0 Å². The van der Waals surface area contributed by atoms with E-state index >= 15 is 0 Å². The lowest BCUT2D eigenvalue weighted by Crippen LogP contribution is -2.09. The van der Waals surface area contributed by atoms with Crippen molar-refractivity contribution in [3.05, 3.63) is 30.2 Å². The molecule has 0 aliphatic heterocycles. The Hall–Kier alpha value is -1.89. The highest BCUT2D eigenvalue weighted by Crippen LogP contribution is 2.38. The molecule has 22 heavy (non-hydrogen) atoms. The van der Waals surface area contributed by atoms with Crippen LogP contribution in [0.5, 0.6) is 0 Å². The van der Waals surface area contributed by atoms with Crippen LogP contribution < -0.4 is 4.72 Å². The predicted molar refractivity (Wildman–Crippen MR) is 84.0 cm³/mol. The number of hydrogen-bond donors (Lipinski definition) is 1. The van der Waals surface area contributed by atoms with Crippen LogP contribution in [0, 0.1) is 5.92 Å². The van der Waals surface area contributed by atoms with E-state index < -0.39 is 10.0 Å². The molecule has 1 heterocycles. The minimum atomic E-state index is -3.27. The molecule has 1 aliphatic carbocycles. The monoisotopic (exact) mass is 321 g/mol. The largest absolute Gasteiger partial charge is 0.339 e. The molecule has 1 aliphatic rings. The summed E-state index contributed by atoms with van der Waals surface area (Å²) >= 11 is 0. The lowest BCUT2D eigenvalue weighted by Gasteiger charge is -2.08. The average molecular weight is 321 g/mol. The van der Waals surface area contributed by atoms with E-state index in [1.807, 2.05) is 0 Å². The smallest absolute Gasteiger partial charge is 0.230 e. The number of rotatable bonds is 4. The number of aromatic nitrogens is 2. The molecule has 0 bridgehead atoms. The molecule has 0 radical (unpaired) electrons. The Bertz CT molecular complexity index is 753. The van der Waals surface area contributed by atoms with E-state index in [1.165, 1.54) is 12.8 Å². The zero-order chi connectivity index (χ0) is 15.7. The molecule has 2 atom stereocenters. The van der Waals surface area contributed by atoms with Crippen molar-refractivity contribution < 1.29 is 12.9 Å². The molecule has 3 rings (SSSR count). The maximum atomic E-state index is 11.2. The molecule has 6 nitrogen and oxygen atoms in total. The van der Waals surface area contributed by atoms with Gasteiger partial charge in [-0.25, -0.2) is 8.42 Å². The zero-order valence-electron chi connectivity index (χ0n) is 12.6. The van der Waals surface area contributed by atoms with Crippen LogP contribution in [0.4, 0.5) is 5.69 Å². The van der Waals surface area contributed by atoms with E-state index in [2.05, 4.69) is 21.8 Å². The first kappa shape index (κ1) is 15.0. The van der Waals surface area contributed by atoms with Crippen molar-refractivity contribution in [2.24, 2.45) is 5.92 Å². The molecule has 7 heteroatoms. The quantitative estimate of drug-likeness (QED) is 0.935. The van der Waals surface area contributed by atoms with Crippen LogP contribution in [0.3, 0.4) is 0 Å². The number of sulfonamides is 1. The maximum absolute atomic E-state index is 11.2. The van der Waals surface area contributed by atoms with Crippen molar-refractivity contribution in [3.63, 3.8) is 0 Å². The SMILES string of the molecule is C[C@@H]1CCC[C@H]1c1nc(-c2ccc(NS(C)(=O)=O)cc2)no1. The molecule has 0 spiro atoms. The number of nitrogens with zero attached hydrogens (tertiary/aromatic N) is 2. The highest BCUT2D eigenvalue weighted by atomic mass is 32.2. The molecule has 1 N–H and O–H groups in total. The van der Waals surface area contributed by atoms with Crippen LogP contribution >= 0.6 is 0 Å². The van der Waals surface area contributed by atoms with Crippen LogP contribution in [0.25, 0.3) is 11.4 Å². The van der Waals surface area contributed by atoms with Crippen LogP contribution in [-0.4, -0.2) is 24.8 Å². The van der Waals surface area contributed by atoms with Gasteiger partial charge in [-0.05, 0) is 43.0 Å². The highest BCUT2D eigenvalue weighted by Gasteiger charge is 2.29. The Labute approximate surface area is 130 Å². The summed E-state index contributed by atoms with van der Waals surface area (Å²) in [5, 5.41) is 4.04. The molecule has 1 aromatic heterocycles. The highest BCUT2D eigenvalue weighted by molar-refractivity contribution is 7.92. The van der Waals surface area contributed by atoms with Crippen molar-refractivity contribution in [2.75, 3.05) is 11.0 Å². The van der Waals surface area contributed by atoms with Crippen LogP contribution in [-0.2, 0) is 10.0 Å². The van der Waals surface area contributed by atoms with Crippen molar-refractivity contribution >= 4 is 15.7 Å². The topological polar surface area (TPSA) is 85.1 Å². The molecule has 0 amide bonds. The molecule has 0 saturated heterocycles. The Morgan fingerprint density at radius 2 is 1.95 bits per heavy atom. The minimum Gasteiger partial charge on any atom is -0.339 e. The number of benzene rings is 1. The van der Waals surface area contributed by atoms with E-state index in [1.54, 1.807) is 24.3 Å². The summed E-state index contributed by atoms with van der Waals surface area (Å²) in [6, 6.07) is 6.93. The average Bonchev–Trinajstić information content (AvgIpc) is 3.06. The summed E-state index contributed by atoms with van der Waals surface area (Å²) in [7, 11) is -3.27. The summed E-state index contributed by atoms with van der Waals surface area (Å²) in [4.78, 5) is 4.50. The summed E-state index contributed by atoms with van der Waals surface area (Å²) in [6.45, 7) is 2.22. The third kappa shape index (κ3) is 3.30. The van der Waals surface area contributed by atoms with Crippen molar-refractivity contribution in [1.82, 2.24) is 10.1 Å². The van der Waals surface area contributed by atoms with Crippen molar-refractivity contribution in [1.29, 1.82) is 0 Å². The van der Waals surface area contributed by atoms with Crippen LogP contribution in [0.1, 0.15) is 38.0 Å². The third-order valence-corrected chi connectivity index (χ3v) is 4.67. The van der Waals surface area contributed by atoms with Gasteiger partial charge in [0.1, 0.15) is 0 Å². The van der Waals surface area contributed by atoms with Gasteiger partial charge in [0.2, 0.25) is 21.7 Å². The third-order valence-electron chi connectivity index (χ3n) is 4.07. The van der Waals surface area contributed by atoms with E-state index in [9.17, 15) is 8.42 Å². The van der Waals surface area contributed by atoms with Crippen molar-refractivity contribution in [3.8, 4) is 11.4 Å². The minimum absolute atomic E-state index is 0.354. The summed E-state index contributed by atoms with van der Waals surface area (Å²) in [5.74, 6) is 2.18. The van der Waals surface area contributed by atoms with Gasteiger partial charge in [-0.2, -0.15) is 4.98 Å². The van der Waals surface area contributed by atoms with Gasteiger partial charge in [-0.1, -0.05) is 18.5 Å². The van der Waals surface area contributed by atoms with Gasteiger partial charge in [0.15, 0.2) is 0 Å². The second-order valence-electron chi connectivity index (χ2n) is 5.92. The van der Waals surface area contributed by atoms with Gasteiger partial charge in [-0.15, -0.1) is 0 Å². The number of anilines is 1. The second kappa shape index (κ2) is 5.72. The summed E-state index contributed by atoms with van der Waals surface area (Å²) in [6.07, 6.45) is 4.62. The second-order valence-corrected chi connectivity index (χ2v) is 7.67. The predicted octanol–water partition coefficient (Wildman–Crippen LogP) is 3.01. The first-order valence-electron chi connectivity index (χ1n) is 7.34. The molecule has 2 aromatic rings. The summed E-state index contributed by atoms with van der Waals surface area (Å²) < 4.78 is 30.2. The van der Waals surface area contributed by atoms with Crippen LogP contribution in [0.15, 0.2) is 28.8 Å². The van der Waals surface area contributed by atoms with Gasteiger partial charge in [0, 0.05) is 17.2 Å². The van der Waals surface area contributed by atoms with Crippen LogP contribution in [0.2, 0.25) is 0 Å².